The van der Waals surface area contributed by atoms with Crippen molar-refractivity contribution in [3.63, 3.8) is 0 Å². The average Bonchev–Trinajstić information content (AvgIpc) is 2.61. The number of amides is 1. The first-order chi connectivity index (χ1) is 12.0. The summed E-state index contributed by atoms with van der Waals surface area (Å²) in [4.78, 5) is 27.5. The van der Waals surface area contributed by atoms with Crippen molar-refractivity contribution in [3.8, 4) is 0 Å². The molecular formula is C19H22Cl2FN3O2. The molecule has 0 radical (unpaired) electrons. The lowest BCUT2D eigenvalue weighted by Gasteiger charge is -2.36. The number of carbonyl (C=O) groups excluding carboxylic acids is 2. The first-order valence-electron chi connectivity index (χ1n) is 8.16. The Bertz CT molecular complexity index is 824. The maximum Gasteiger partial charge on any atom is 0.254 e. The van der Waals surface area contributed by atoms with Crippen LogP contribution in [0.3, 0.4) is 0 Å². The van der Waals surface area contributed by atoms with Crippen LogP contribution in [0.2, 0.25) is 0 Å². The van der Waals surface area contributed by atoms with Gasteiger partial charge in [-0.3, -0.25) is 9.59 Å². The minimum atomic E-state index is -0.414. The Morgan fingerprint density at radius 3 is 2.19 bits per heavy atom. The molecule has 1 heterocycles. The number of ketones is 1. The van der Waals surface area contributed by atoms with Crippen LogP contribution in [0.4, 0.5) is 15.8 Å². The van der Waals surface area contributed by atoms with E-state index in [-0.39, 0.29) is 36.5 Å². The van der Waals surface area contributed by atoms with E-state index < -0.39 is 5.82 Å². The SMILES string of the molecule is CC(=O)c1ccc(N2CCN(C(=O)c3cccc(N)c3)CC2)c(F)c1.Cl.Cl. The fourth-order valence-corrected chi connectivity index (χ4v) is 2.99. The lowest BCUT2D eigenvalue weighted by atomic mass is 10.1. The molecule has 0 saturated carbocycles. The molecule has 3 rings (SSSR count). The highest BCUT2D eigenvalue weighted by Gasteiger charge is 2.24. The average molecular weight is 414 g/mol. The normalized spacial score (nSPS) is 13.4. The molecular weight excluding hydrogens is 392 g/mol. The highest BCUT2D eigenvalue weighted by molar-refractivity contribution is 5.95. The molecule has 0 spiro atoms. The van der Waals surface area contributed by atoms with Crippen molar-refractivity contribution in [2.75, 3.05) is 36.8 Å². The van der Waals surface area contributed by atoms with Gasteiger partial charge in [-0.25, -0.2) is 4.39 Å². The lowest BCUT2D eigenvalue weighted by molar-refractivity contribution is 0.0746. The summed E-state index contributed by atoms with van der Waals surface area (Å²) in [5.41, 5.74) is 7.66. The van der Waals surface area contributed by atoms with Gasteiger partial charge in [-0.15, -0.1) is 24.8 Å². The van der Waals surface area contributed by atoms with Gasteiger partial charge in [0.15, 0.2) is 5.78 Å². The molecule has 146 valence electrons. The Hall–Kier alpha value is -2.31. The number of rotatable bonds is 3. The molecule has 0 atom stereocenters. The lowest BCUT2D eigenvalue weighted by Crippen LogP contribution is -2.49. The van der Waals surface area contributed by atoms with E-state index in [1.54, 1.807) is 41.3 Å². The molecule has 1 saturated heterocycles. The van der Waals surface area contributed by atoms with E-state index in [9.17, 15) is 14.0 Å². The van der Waals surface area contributed by atoms with Gasteiger partial charge in [0, 0.05) is 43.0 Å². The molecule has 0 unspecified atom stereocenters. The molecule has 1 amide bonds. The fraction of sp³-hybridized carbons (Fsp3) is 0.263. The van der Waals surface area contributed by atoms with Gasteiger partial charge in [0.25, 0.3) is 5.91 Å². The Kier molecular flexibility index (Phi) is 8.06. The van der Waals surface area contributed by atoms with Crippen LogP contribution in [0.25, 0.3) is 0 Å². The van der Waals surface area contributed by atoms with E-state index >= 15 is 0 Å². The third-order valence-corrected chi connectivity index (χ3v) is 4.40. The predicted molar refractivity (Wildman–Crippen MR) is 110 cm³/mol. The molecule has 2 aromatic carbocycles. The first-order valence-corrected chi connectivity index (χ1v) is 8.16. The van der Waals surface area contributed by atoms with Gasteiger partial charge >= 0.3 is 0 Å². The molecule has 2 N–H and O–H groups in total. The highest BCUT2D eigenvalue weighted by atomic mass is 35.5. The summed E-state index contributed by atoms with van der Waals surface area (Å²) in [6.45, 7) is 3.48. The number of nitrogen functional groups attached to an aromatic ring is 1. The van der Waals surface area contributed by atoms with Gasteiger partial charge in [-0.1, -0.05) is 6.07 Å². The topological polar surface area (TPSA) is 66.6 Å². The summed E-state index contributed by atoms with van der Waals surface area (Å²) in [5, 5.41) is 0. The number of anilines is 2. The zero-order valence-corrected chi connectivity index (χ0v) is 16.5. The van der Waals surface area contributed by atoms with Crippen LogP contribution in [-0.4, -0.2) is 42.8 Å². The van der Waals surface area contributed by atoms with Crippen molar-refractivity contribution < 1.29 is 14.0 Å². The summed E-state index contributed by atoms with van der Waals surface area (Å²) in [5.74, 6) is -0.648. The molecule has 5 nitrogen and oxygen atoms in total. The molecule has 27 heavy (non-hydrogen) atoms. The second-order valence-electron chi connectivity index (χ2n) is 6.13. The Morgan fingerprint density at radius 2 is 1.63 bits per heavy atom. The summed E-state index contributed by atoms with van der Waals surface area (Å²) in [7, 11) is 0. The number of piperazine rings is 1. The molecule has 1 aliphatic heterocycles. The second kappa shape index (κ2) is 9.58. The summed E-state index contributed by atoms with van der Waals surface area (Å²) in [6, 6.07) is 11.4. The third kappa shape index (κ3) is 5.11. The minimum absolute atomic E-state index is 0. The van der Waals surface area contributed by atoms with Crippen LogP contribution < -0.4 is 10.6 Å². The van der Waals surface area contributed by atoms with E-state index in [2.05, 4.69) is 0 Å². The second-order valence-corrected chi connectivity index (χ2v) is 6.13. The highest BCUT2D eigenvalue weighted by Crippen LogP contribution is 2.23. The predicted octanol–water partition coefficient (Wildman–Crippen LogP) is 3.42. The Labute approximate surface area is 170 Å². The largest absolute Gasteiger partial charge is 0.399 e. The van der Waals surface area contributed by atoms with Gasteiger partial charge in [-0.2, -0.15) is 0 Å². The molecule has 0 aromatic heterocycles. The molecule has 0 aliphatic carbocycles. The smallest absolute Gasteiger partial charge is 0.254 e. The molecule has 1 aliphatic rings. The molecule has 0 bridgehead atoms. The molecule has 8 heteroatoms. The minimum Gasteiger partial charge on any atom is -0.399 e. The zero-order valence-electron chi connectivity index (χ0n) is 14.9. The van der Waals surface area contributed by atoms with Gasteiger partial charge in [-0.05, 0) is 43.3 Å². The maximum absolute atomic E-state index is 14.3. The van der Waals surface area contributed by atoms with Gasteiger partial charge in [0.2, 0.25) is 0 Å². The summed E-state index contributed by atoms with van der Waals surface area (Å²) >= 11 is 0. The van der Waals surface area contributed by atoms with E-state index in [1.165, 1.54) is 13.0 Å². The zero-order chi connectivity index (χ0) is 18.0. The number of halogens is 3. The van der Waals surface area contributed by atoms with Gasteiger partial charge < -0.3 is 15.5 Å². The monoisotopic (exact) mass is 413 g/mol. The van der Waals surface area contributed by atoms with E-state index in [4.69, 9.17) is 5.73 Å². The van der Waals surface area contributed by atoms with Crippen LogP contribution in [0.5, 0.6) is 0 Å². The fourth-order valence-electron chi connectivity index (χ4n) is 2.99. The summed E-state index contributed by atoms with van der Waals surface area (Å²) in [6.07, 6.45) is 0. The number of nitrogens with two attached hydrogens (primary N) is 1. The van der Waals surface area contributed by atoms with Crippen molar-refractivity contribution >= 4 is 47.9 Å². The number of hydrogen-bond acceptors (Lipinski definition) is 4. The van der Waals surface area contributed by atoms with Crippen molar-refractivity contribution in [2.45, 2.75) is 6.92 Å². The Balaban J connectivity index is 0.00000182. The number of benzene rings is 2. The standard InChI is InChI=1S/C19H20FN3O2.2ClH/c1-13(24)14-5-6-18(17(20)12-14)22-7-9-23(10-8-22)19(25)15-3-2-4-16(21)11-15;;/h2-6,11-12H,7-10,21H2,1H3;2*1H. The third-order valence-electron chi connectivity index (χ3n) is 4.40. The van der Waals surface area contributed by atoms with E-state index in [1.807, 2.05) is 4.90 Å². The number of nitrogens with zero attached hydrogens (tertiary/aromatic N) is 2. The first kappa shape index (κ1) is 22.7. The van der Waals surface area contributed by atoms with Crippen LogP contribution in [0.1, 0.15) is 27.6 Å². The van der Waals surface area contributed by atoms with E-state index in [0.717, 1.165) is 0 Å². The molecule has 2 aromatic rings. The number of Topliss-reactive ketones (excluding diaryl/α,β-unsaturated/α-hetero) is 1. The van der Waals surface area contributed by atoms with Gasteiger partial charge in [0.05, 0.1) is 5.69 Å². The van der Waals surface area contributed by atoms with Crippen LogP contribution in [0, 0.1) is 5.82 Å². The molecule has 1 fully saturated rings. The van der Waals surface area contributed by atoms with Crippen molar-refractivity contribution in [1.82, 2.24) is 4.90 Å². The van der Waals surface area contributed by atoms with Gasteiger partial charge in [0.1, 0.15) is 5.82 Å². The van der Waals surface area contributed by atoms with Crippen molar-refractivity contribution in [1.29, 1.82) is 0 Å². The van der Waals surface area contributed by atoms with Crippen molar-refractivity contribution in [2.24, 2.45) is 0 Å². The maximum atomic E-state index is 14.3. The van der Waals surface area contributed by atoms with Crippen LogP contribution >= 0.6 is 24.8 Å². The van der Waals surface area contributed by atoms with E-state index in [0.29, 0.717) is 48.7 Å². The summed E-state index contributed by atoms with van der Waals surface area (Å²) < 4.78 is 14.3. The van der Waals surface area contributed by atoms with Crippen LogP contribution in [0.15, 0.2) is 42.5 Å². The number of hydrogen-bond donors (Lipinski definition) is 1. The number of carbonyl (C=O) groups is 2. The Morgan fingerprint density at radius 1 is 0.963 bits per heavy atom. The van der Waals surface area contributed by atoms with Crippen LogP contribution in [-0.2, 0) is 0 Å². The quantitative estimate of drug-likeness (QED) is 0.618. The van der Waals surface area contributed by atoms with Crippen molar-refractivity contribution in [3.05, 3.63) is 59.4 Å².